The molecule has 3 aromatic rings. The second-order valence-corrected chi connectivity index (χ2v) is 6.16. The molecule has 0 fully saturated rings. The summed E-state index contributed by atoms with van der Waals surface area (Å²) in [6.07, 6.45) is 1.54. The summed E-state index contributed by atoms with van der Waals surface area (Å²) in [5.41, 5.74) is 7.56. The molecule has 2 aromatic heterocycles. The number of nitrogens with two attached hydrogens (primary N) is 1. The zero-order valence-corrected chi connectivity index (χ0v) is 15.2. The number of nitrogens with zero attached hydrogens (tertiary/aromatic N) is 5. The van der Waals surface area contributed by atoms with E-state index in [0.29, 0.717) is 39.4 Å². The fraction of sp³-hybridized carbons (Fsp3) is 0.188. The Morgan fingerprint density at radius 2 is 2.08 bits per heavy atom. The molecule has 0 spiro atoms. The highest BCUT2D eigenvalue weighted by Gasteiger charge is 2.14. The monoisotopic (exact) mass is 372 g/mol. The third-order valence-electron chi connectivity index (χ3n) is 3.52. The normalized spacial score (nSPS) is 10.6. The van der Waals surface area contributed by atoms with Gasteiger partial charge < -0.3 is 16.0 Å². The van der Waals surface area contributed by atoms with Crippen LogP contribution in [0, 0.1) is 6.92 Å². The summed E-state index contributed by atoms with van der Waals surface area (Å²) in [4.78, 5) is 26.1. The van der Waals surface area contributed by atoms with Crippen molar-refractivity contribution in [3.8, 4) is 11.4 Å². The number of aryl methyl sites for hydroxylation is 1. The number of carbonyl (C=O) groups excluding carboxylic acids is 1. The molecule has 0 aliphatic carbocycles. The molecule has 134 valence electrons. The number of carbonyl (C=O) groups is 1. The topological polar surface area (TPSA) is 126 Å². The van der Waals surface area contributed by atoms with Crippen molar-refractivity contribution in [2.24, 2.45) is 0 Å². The van der Waals surface area contributed by atoms with E-state index in [9.17, 15) is 4.79 Å². The number of hydrogen-bond donors (Lipinski definition) is 3. The number of nitrogens with one attached hydrogen (secondary N) is 2. The zero-order valence-electron chi connectivity index (χ0n) is 14.4. The molecule has 0 aliphatic heterocycles. The molecule has 0 unspecified atom stereocenters. The van der Waals surface area contributed by atoms with Crippen LogP contribution in [0.15, 0.2) is 24.4 Å². The van der Waals surface area contributed by atoms with Gasteiger partial charge >= 0.3 is 0 Å². The highest BCUT2D eigenvalue weighted by molar-refractivity contribution is 6.34. The standard InChI is InChI=1S/C16H17ClN8O/c1-8-20-14(24-23-8)11-7-19-16(22-13(11)18)21-9-4-5-10(12(17)6-9)15(26)25(2)3/h4-7H,1-3H3,(H,20,23,24)(H3,18,19,21,22). The van der Waals surface area contributed by atoms with Crippen molar-refractivity contribution in [1.82, 2.24) is 30.0 Å². The molecule has 1 aromatic carbocycles. The van der Waals surface area contributed by atoms with Gasteiger partial charge in [0.05, 0.1) is 16.1 Å². The number of anilines is 3. The lowest BCUT2D eigenvalue weighted by Gasteiger charge is -2.13. The van der Waals surface area contributed by atoms with Crippen LogP contribution in [0.4, 0.5) is 17.5 Å². The number of hydrogen-bond acceptors (Lipinski definition) is 7. The van der Waals surface area contributed by atoms with Crippen molar-refractivity contribution < 1.29 is 4.79 Å². The molecule has 0 saturated heterocycles. The van der Waals surface area contributed by atoms with Gasteiger partial charge in [-0.15, -0.1) is 0 Å². The van der Waals surface area contributed by atoms with Crippen LogP contribution in [0.5, 0.6) is 0 Å². The van der Waals surface area contributed by atoms with Gasteiger partial charge in [0, 0.05) is 26.0 Å². The summed E-state index contributed by atoms with van der Waals surface area (Å²) in [7, 11) is 3.33. The maximum Gasteiger partial charge on any atom is 0.254 e. The van der Waals surface area contributed by atoms with E-state index < -0.39 is 0 Å². The Labute approximate surface area is 154 Å². The van der Waals surface area contributed by atoms with E-state index in [2.05, 4.69) is 30.5 Å². The lowest BCUT2D eigenvalue weighted by molar-refractivity contribution is 0.0828. The first-order chi connectivity index (χ1) is 12.3. The lowest BCUT2D eigenvalue weighted by Crippen LogP contribution is -2.21. The summed E-state index contributed by atoms with van der Waals surface area (Å²) < 4.78 is 0. The second kappa shape index (κ2) is 6.96. The third kappa shape index (κ3) is 3.57. The van der Waals surface area contributed by atoms with E-state index in [-0.39, 0.29) is 11.7 Å². The Bertz CT molecular complexity index is 969. The Kier molecular flexibility index (Phi) is 4.72. The molecule has 10 heteroatoms. The quantitative estimate of drug-likeness (QED) is 0.641. The minimum absolute atomic E-state index is 0.173. The number of H-pyrrole nitrogens is 1. The highest BCUT2D eigenvalue weighted by Crippen LogP contribution is 2.25. The van der Waals surface area contributed by atoms with Crippen LogP contribution in [0.1, 0.15) is 16.2 Å². The average molecular weight is 373 g/mol. The lowest BCUT2D eigenvalue weighted by atomic mass is 10.2. The van der Waals surface area contributed by atoms with E-state index in [1.165, 1.54) is 4.90 Å². The summed E-state index contributed by atoms with van der Waals surface area (Å²) in [6, 6.07) is 4.99. The number of aromatic amines is 1. The molecule has 0 atom stereocenters. The molecule has 0 radical (unpaired) electrons. The van der Waals surface area contributed by atoms with Crippen LogP contribution in [-0.4, -0.2) is 50.1 Å². The molecule has 26 heavy (non-hydrogen) atoms. The fourth-order valence-electron chi connectivity index (χ4n) is 2.23. The summed E-state index contributed by atoms with van der Waals surface area (Å²) in [6.45, 7) is 1.79. The van der Waals surface area contributed by atoms with Crippen LogP contribution >= 0.6 is 11.6 Å². The smallest absolute Gasteiger partial charge is 0.254 e. The number of nitrogen functional groups attached to an aromatic ring is 1. The largest absolute Gasteiger partial charge is 0.383 e. The van der Waals surface area contributed by atoms with E-state index >= 15 is 0 Å². The van der Waals surface area contributed by atoms with Gasteiger partial charge in [0.25, 0.3) is 5.91 Å². The fourth-order valence-corrected chi connectivity index (χ4v) is 2.49. The molecular formula is C16H17ClN8O. The minimum Gasteiger partial charge on any atom is -0.383 e. The van der Waals surface area contributed by atoms with Crippen LogP contribution in [-0.2, 0) is 0 Å². The molecule has 1 amide bonds. The van der Waals surface area contributed by atoms with Crippen molar-refractivity contribution in [1.29, 1.82) is 0 Å². The van der Waals surface area contributed by atoms with E-state index in [4.69, 9.17) is 17.3 Å². The average Bonchev–Trinajstić information content (AvgIpc) is 3.00. The first-order valence-electron chi connectivity index (χ1n) is 7.65. The first-order valence-corrected chi connectivity index (χ1v) is 8.03. The highest BCUT2D eigenvalue weighted by atomic mass is 35.5. The molecule has 0 aliphatic rings. The van der Waals surface area contributed by atoms with E-state index in [0.717, 1.165) is 0 Å². The van der Waals surface area contributed by atoms with Gasteiger partial charge in [-0.3, -0.25) is 9.89 Å². The van der Waals surface area contributed by atoms with Gasteiger partial charge in [-0.25, -0.2) is 9.97 Å². The summed E-state index contributed by atoms with van der Waals surface area (Å²) in [5, 5.41) is 10.1. The molecule has 0 saturated carbocycles. The van der Waals surface area contributed by atoms with Crippen molar-refractivity contribution in [3.63, 3.8) is 0 Å². The van der Waals surface area contributed by atoms with Crippen molar-refractivity contribution in [2.75, 3.05) is 25.1 Å². The Morgan fingerprint density at radius 3 is 2.65 bits per heavy atom. The zero-order chi connectivity index (χ0) is 18.8. The van der Waals surface area contributed by atoms with Gasteiger partial charge in [-0.2, -0.15) is 10.1 Å². The van der Waals surface area contributed by atoms with Crippen molar-refractivity contribution in [3.05, 3.63) is 40.8 Å². The van der Waals surface area contributed by atoms with Crippen molar-refractivity contribution >= 4 is 35.0 Å². The molecule has 4 N–H and O–H groups in total. The number of halogens is 1. The van der Waals surface area contributed by atoms with Gasteiger partial charge in [0.15, 0.2) is 5.82 Å². The second-order valence-electron chi connectivity index (χ2n) is 5.76. The molecular weight excluding hydrogens is 356 g/mol. The molecule has 0 bridgehead atoms. The predicted octanol–water partition coefficient (Wildman–Crippen LogP) is 2.25. The third-order valence-corrected chi connectivity index (χ3v) is 3.83. The molecule has 2 heterocycles. The van der Waals surface area contributed by atoms with Crippen LogP contribution < -0.4 is 11.1 Å². The van der Waals surface area contributed by atoms with Gasteiger partial charge in [-0.05, 0) is 25.1 Å². The summed E-state index contributed by atoms with van der Waals surface area (Å²) in [5.74, 6) is 1.46. The van der Waals surface area contributed by atoms with Gasteiger partial charge in [-0.1, -0.05) is 11.6 Å². The summed E-state index contributed by atoms with van der Waals surface area (Å²) >= 11 is 6.20. The van der Waals surface area contributed by atoms with Gasteiger partial charge in [0.2, 0.25) is 5.95 Å². The minimum atomic E-state index is -0.173. The Balaban J connectivity index is 1.82. The number of amides is 1. The first kappa shape index (κ1) is 17.6. The number of rotatable bonds is 4. The maximum atomic E-state index is 12.0. The number of aromatic nitrogens is 5. The SMILES string of the molecule is Cc1nc(-c2cnc(Nc3ccc(C(=O)N(C)C)c(Cl)c3)nc2N)n[nH]1. The van der Waals surface area contributed by atoms with E-state index in [1.54, 1.807) is 45.4 Å². The predicted molar refractivity (Wildman–Crippen MR) is 99.3 cm³/mol. The number of benzene rings is 1. The van der Waals surface area contributed by atoms with Crippen LogP contribution in [0.3, 0.4) is 0 Å². The van der Waals surface area contributed by atoms with E-state index in [1.807, 2.05) is 0 Å². The molecule has 9 nitrogen and oxygen atoms in total. The van der Waals surface area contributed by atoms with Crippen molar-refractivity contribution in [2.45, 2.75) is 6.92 Å². The Morgan fingerprint density at radius 1 is 1.31 bits per heavy atom. The maximum absolute atomic E-state index is 12.0. The molecule has 3 rings (SSSR count). The van der Waals surface area contributed by atoms with Crippen LogP contribution in [0.2, 0.25) is 5.02 Å². The van der Waals surface area contributed by atoms with Gasteiger partial charge in [0.1, 0.15) is 11.6 Å². The van der Waals surface area contributed by atoms with Crippen LogP contribution in [0.25, 0.3) is 11.4 Å². The Hall–Kier alpha value is -3.20.